The molecule has 0 saturated carbocycles. The van der Waals surface area contributed by atoms with Crippen LogP contribution >= 0.6 is 0 Å². The van der Waals surface area contributed by atoms with E-state index in [0.29, 0.717) is 5.69 Å². The van der Waals surface area contributed by atoms with Crippen molar-refractivity contribution in [3.8, 4) is 22.5 Å². The molecule has 0 radical (unpaired) electrons. The fraction of sp³-hybridized carbons (Fsp3) is 0.115. The zero-order valence-corrected chi connectivity index (χ0v) is 19.6. The Balaban J connectivity index is 0.00000289. The van der Waals surface area contributed by atoms with Crippen LogP contribution in [0.2, 0.25) is 0 Å². The van der Waals surface area contributed by atoms with Crippen LogP contribution in [0.25, 0.3) is 27.4 Å². The van der Waals surface area contributed by atoms with Crippen LogP contribution in [0, 0.1) is 24.3 Å². The van der Waals surface area contributed by atoms with Crippen LogP contribution < -0.4 is 0 Å². The van der Waals surface area contributed by atoms with Gasteiger partial charge in [-0.05, 0) is 37.7 Å². The Hall–Kier alpha value is -3.22. The number of hydrogen-bond acceptors (Lipinski definition) is 2. The first-order valence-corrected chi connectivity index (χ1v) is 9.70. The fourth-order valence-electron chi connectivity index (χ4n) is 3.39. The smallest absolute Gasteiger partial charge is 0.176 e. The number of pyridine rings is 2. The van der Waals surface area contributed by atoms with Gasteiger partial charge in [0.15, 0.2) is 5.69 Å². The van der Waals surface area contributed by atoms with E-state index in [1.807, 2.05) is 68.4 Å². The number of rotatable bonds is 4. The third-order valence-corrected chi connectivity index (χ3v) is 5.21. The Morgan fingerprint density at radius 2 is 1.44 bits per heavy atom. The second-order valence-corrected chi connectivity index (χ2v) is 7.59. The predicted octanol–water partition coefficient (Wildman–Crippen LogP) is 6.76. The van der Waals surface area contributed by atoms with Crippen molar-refractivity contribution in [2.75, 3.05) is 0 Å². The van der Waals surface area contributed by atoms with Gasteiger partial charge in [0.1, 0.15) is 0 Å². The summed E-state index contributed by atoms with van der Waals surface area (Å²) < 4.78 is 28.4. The molecule has 162 valence electrons. The van der Waals surface area contributed by atoms with Gasteiger partial charge >= 0.3 is 0 Å². The molecule has 0 fully saturated rings. The quantitative estimate of drug-likeness (QED) is 0.241. The van der Waals surface area contributed by atoms with Gasteiger partial charge in [-0.2, -0.15) is 0 Å². The number of halogens is 2. The molecule has 32 heavy (non-hydrogen) atoms. The van der Waals surface area contributed by atoms with Gasteiger partial charge in [-0.3, -0.25) is 18.6 Å². The molecule has 0 saturated heterocycles. The summed E-state index contributed by atoms with van der Waals surface area (Å²) in [6.45, 7) is 11.0. The van der Waals surface area contributed by atoms with Gasteiger partial charge in [-0.15, -0.1) is 17.7 Å². The predicted molar refractivity (Wildman–Crippen MR) is 116 cm³/mol. The van der Waals surface area contributed by atoms with Crippen LogP contribution in [0.4, 0.5) is 14.5 Å². The van der Waals surface area contributed by atoms with E-state index in [9.17, 15) is 8.78 Å². The first kappa shape index (κ1) is 23.4. The minimum Gasteiger partial charge on any atom is -0.300 e. The van der Waals surface area contributed by atoms with Gasteiger partial charge in [0.25, 0.3) is 0 Å². The number of benzene rings is 2. The number of aromatic nitrogens is 2. The molecule has 4 aromatic rings. The molecule has 4 rings (SSSR count). The Bertz CT molecular complexity index is 1300. The summed E-state index contributed by atoms with van der Waals surface area (Å²) in [5, 5.41) is 0. The third-order valence-electron chi connectivity index (χ3n) is 5.21. The van der Waals surface area contributed by atoms with Crippen LogP contribution in [0.3, 0.4) is 0 Å². The minimum atomic E-state index is -0.957. The molecule has 0 atom stereocenters. The molecule has 0 N–H and O–H groups in total. The van der Waals surface area contributed by atoms with Crippen molar-refractivity contribution in [3.05, 3.63) is 113 Å². The van der Waals surface area contributed by atoms with Crippen molar-refractivity contribution < 1.29 is 29.8 Å². The van der Waals surface area contributed by atoms with Gasteiger partial charge in [-0.1, -0.05) is 48.5 Å². The molecule has 0 aliphatic rings. The van der Waals surface area contributed by atoms with Crippen LogP contribution in [0.15, 0.2) is 72.8 Å². The Morgan fingerprint density at radius 1 is 0.844 bits per heavy atom. The van der Waals surface area contributed by atoms with E-state index in [2.05, 4.69) is 15.9 Å². The van der Waals surface area contributed by atoms with Gasteiger partial charge in [0, 0.05) is 49.4 Å². The fourth-order valence-corrected chi connectivity index (χ4v) is 3.39. The van der Waals surface area contributed by atoms with Crippen molar-refractivity contribution in [1.29, 1.82) is 0 Å². The molecule has 0 amide bonds. The number of nitrogens with zero attached hydrogens (tertiary/aromatic N) is 3. The topological polar surface area (TPSA) is 30.1 Å². The zero-order chi connectivity index (χ0) is 22.0. The van der Waals surface area contributed by atoms with E-state index in [4.69, 9.17) is 11.6 Å². The van der Waals surface area contributed by atoms with E-state index in [1.54, 1.807) is 12.1 Å². The maximum Gasteiger partial charge on any atom is 0.176 e. The first-order chi connectivity index (χ1) is 14.9. The molecule has 6 heteroatoms. The van der Waals surface area contributed by atoms with E-state index in [0.717, 1.165) is 23.0 Å². The second kappa shape index (κ2) is 9.51. The zero-order valence-electron chi connectivity index (χ0n) is 17.3. The molecule has 3 nitrogen and oxygen atoms in total. The molecular formula is C26H18F2N3Pt-. The summed E-state index contributed by atoms with van der Waals surface area (Å²) in [5.74, 6) is -1.89. The summed E-state index contributed by atoms with van der Waals surface area (Å²) in [6, 6.07) is 24.5. The maximum absolute atomic E-state index is 14.7. The van der Waals surface area contributed by atoms with Crippen LogP contribution in [0.1, 0.15) is 25.2 Å². The summed E-state index contributed by atoms with van der Waals surface area (Å²) >= 11 is 0. The van der Waals surface area contributed by atoms with E-state index < -0.39 is 22.7 Å². The summed E-state index contributed by atoms with van der Waals surface area (Å²) in [6.07, 6.45) is 0. The summed E-state index contributed by atoms with van der Waals surface area (Å²) in [7, 11) is 0. The van der Waals surface area contributed by atoms with Crippen molar-refractivity contribution in [3.63, 3.8) is 0 Å². The Morgan fingerprint density at radius 3 is 2.06 bits per heavy atom. The maximum atomic E-state index is 14.7. The van der Waals surface area contributed by atoms with E-state index in [-0.39, 0.29) is 32.3 Å². The summed E-state index contributed by atoms with van der Waals surface area (Å²) in [5.41, 5.74) is 2.35. The van der Waals surface area contributed by atoms with Crippen LogP contribution in [0.5, 0.6) is 0 Å². The molecule has 0 aliphatic carbocycles. The van der Waals surface area contributed by atoms with Crippen LogP contribution in [-0.4, -0.2) is 9.97 Å². The first-order valence-electron chi connectivity index (χ1n) is 9.70. The molecule has 0 bridgehead atoms. The normalized spacial score (nSPS) is 10.8. The monoisotopic (exact) mass is 605 g/mol. The summed E-state index contributed by atoms with van der Waals surface area (Å²) in [4.78, 5) is 12.4. The van der Waals surface area contributed by atoms with Crippen molar-refractivity contribution >= 4 is 5.69 Å². The van der Waals surface area contributed by atoms with Crippen molar-refractivity contribution in [2.45, 2.75) is 19.3 Å². The molecule has 0 aliphatic heterocycles. The van der Waals surface area contributed by atoms with Gasteiger partial charge in [0.2, 0.25) is 0 Å². The molecular weight excluding hydrogens is 587 g/mol. The SMILES string of the molecule is [C-]#[N+]c1c(F)c[c-]c(-c2cccc(C(C)(C)c3cccc(-c4ccccc4)n3)n2)c1F.[Pt]. The largest absolute Gasteiger partial charge is 0.300 e. The average molecular weight is 606 g/mol. The van der Waals surface area contributed by atoms with E-state index >= 15 is 0 Å². The molecule has 2 aromatic heterocycles. The minimum absolute atomic E-state index is 0. The Kier molecular flexibility index (Phi) is 6.96. The van der Waals surface area contributed by atoms with Crippen LogP contribution in [-0.2, 0) is 26.5 Å². The van der Waals surface area contributed by atoms with Gasteiger partial charge < -0.3 is 4.98 Å². The molecule has 0 spiro atoms. The Labute approximate surface area is 200 Å². The van der Waals surface area contributed by atoms with Crippen molar-refractivity contribution in [2.24, 2.45) is 0 Å². The van der Waals surface area contributed by atoms with Gasteiger partial charge in [0.05, 0.1) is 18.0 Å². The van der Waals surface area contributed by atoms with Crippen molar-refractivity contribution in [1.82, 2.24) is 9.97 Å². The van der Waals surface area contributed by atoms with Gasteiger partial charge in [-0.25, -0.2) is 0 Å². The standard InChI is InChI=1S/C26H18F2N3.Pt/c1-26(2,22-13-7-11-20(30-22)17-9-5-4-6-10-17)23-14-8-12-21(31-23)18-15-16-19(27)25(29-3)24(18)28;/h4-14,16H,1-2H3;/q-1;. The molecule has 2 heterocycles. The average Bonchev–Trinajstić information content (AvgIpc) is 2.80. The molecule has 2 aromatic carbocycles. The number of hydrogen-bond donors (Lipinski definition) is 0. The molecule has 0 unspecified atom stereocenters. The second-order valence-electron chi connectivity index (χ2n) is 7.59. The third kappa shape index (κ3) is 4.37. The van der Waals surface area contributed by atoms with E-state index in [1.165, 1.54) is 0 Å².